The molecule has 0 bridgehead atoms. The molecular weight excluding hydrogens is 306 g/mol. The van der Waals surface area contributed by atoms with Crippen molar-refractivity contribution in [3.63, 3.8) is 0 Å². The molecule has 114 valence electrons. The van der Waals surface area contributed by atoms with Crippen LogP contribution in [0.3, 0.4) is 0 Å². The molecule has 22 heavy (non-hydrogen) atoms. The van der Waals surface area contributed by atoms with Crippen molar-refractivity contribution in [3.8, 4) is 0 Å². The highest BCUT2D eigenvalue weighted by molar-refractivity contribution is 6.30. The number of nitrogens with one attached hydrogen (secondary N) is 1. The molecule has 1 aliphatic heterocycles. The fourth-order valence-corrected chi connectivity index (χ4v) is 2.77. The van der Waals surface area contributed by atoms with E-state index in [-0.39, 0.29) is 11.5 Å². The summed E-state index contributed by atoms with van der Waals surface area (Å²) in [5.41, 5.74) is 3.22. The molecule has 7 heteroatoms. The van der Waals surface area contributed by atoms with Crippen molar-refractivity contribution in [2.24, 2.45) is 0 Å². The SMILES string of the molecule is O=C(NO)c1cc2n(c1)CCN(Cc1cccc(Cl)c1)C2=O. The van der Waals surface area contributed by atoms with Gasteiger partial charge in [0.1, 0.15) is 5.69 Å². The fourth-order valence-electron chi connectivity index (χ4n) is 2.56. The molecule has 0 spiro atoms. The van der Waals surface area contributed by atoms with Gasteiger partial charge in [-0.05, 0) is 23.8 Å². The van der Waals surface area contributed by atoms with Gasteiger partial charge >= 0.3 is 0 Å². The molecular formula is C15H14ClN3O3. The van der Waals surface area contributed by atoms with Crippen LogP contribution in [0.5, 0.6) is 0 Å². The second kappa shape index (κ2) is 5.82. The average Bonchev–Trinajstić information content (AvgIpc) is 2.94. The number of carbonyl (C=O) groups excluding carboxylic acids is 2. The molecule has 0 aliphatic carbocycles. The molecule has 0 radical (unpaired) electrons. The van der Waals surface area contributed by atoms with E-state index >= 15 is 0 Å². The van der Waals surface area contributed by atoms with Crippen LogP contribution in [0.25, 0.3) is 0 Å². The van der Waals surface area contributed by atoms with E-state index < -0.39 is 5.91 Å². The Hall–Kier alpha value is -2.31. The number of amides is 2. The highest BCUT2D eigenvalue weighted by Crippen LogP contribution is 2.19. The Labute approximate surface area is 131 Å². The number of hydrogen-bond acceptors (Lipinski definition) is 3. The Kier molecular flexibility index (Phi) is 3.87. The molecule has 1 aliphatic rings. The standard InChI is InChI=1S/C15H14ClN3O3/c16-12-3-1-2-10(6-12)8-19-5-4-18-9-11(14(20)17-22)7-13(18)15(19)21/h1-3,6-7,9,22H,4-5,8H2,(H,17,20). The fraction of sp³-hybridized carbons (Fsp3) is 0.200. The molecule has 6 nitrogen and oxygen atoms in total. The van der Waals surface area contributed by atoms with Gasteiger partial charge in [0.25, 0.3) is 11.8 Å². The van der Waals surface area contributed by atoms with Gasteiger partial charge in [0.2, 0.25) is 0 Å². The van der Waals surface area contributed by atoms with Crippen molar-refractivity contribution in [2.75, 3.05) is 6.54 Å². The first-order valence-corrected chi connectivity index (χ1v) is 7.14. The lowest BCUT2D eigenvalue weighted by Crippen LogP contribution is -2.39. The number of halogens is 1. The first-order valence-electron chi connectivity index (χ1n) is 6.77. The molecule has 1 aromatic carbocycles. The third-order valence-electron chi connectivity index (χ3n) is 3.64. The van der Waals surface area contributed by atoms with Crippen molar-refractivity contribution in [1.82, 2.24) is 14.9 Å². The number of hydrogen-bond donors (Lipinski definition) is 2. The molecule has 0 saturated carbocycles. The monoisotopic (exact) mass is 319 g/mol. The van der Waals surface area contributed by atoms with Crippen LogP contribution in [0.15, 0.2) is 36.5 Å². The summed E-state index contributed by atoms with van der Waals surface area (Å²) in [6, 6.07) is 8.86. The zero-order valence-corrected chi connectivity index (χ0v) is 12.4. The summed E-state index contributed by atoms with van der Waals surface area (Å²) in [4.78, 5) is 25.7. The predicted octanol–water partition coefficient (Wildman–Crippen LogP) is 1.92. The Morgan fingerprint density at radius 3 is 2.86 bits per heavy atom. The summed E-state index contributed by atoms with van der Waals surface area (Å²) in [5.74, 6) is -0.778. The summed E-state index contributed by atoms with van der Waals surface area (Å²) in [5, 5.41) is 9.30. The van der Waals surface area contributed by atoms with Crippen LogP contribution in [0.2, 0.25) is 5.02 Å². The number of fused-ring (bicyclic) bond motifs is 1. The van der Waals surface area contributed by atoms with E-state index in [2.05, 4.69) is 0 Å². The van der Waals surface area contributed by atoms with Gasteiger partial charge < -0.3 is 9.47 Å². The summed E-state index contributed by atoms with van der Waals surface area (Å²) in [7, 11) is 0. The average molecular weight is 320 g/mol. The maximum absolute atomic E-state index is 12.5. The van der Waals surface area contributed by atoms with Crippen LogP contribution in [-0.2, 0) is 13.1 Å². The Morgan fingerprint density at radius 1 is 1.32 bits per heavy atom. The first-order chi connectivity index (χ1) is 10.6. The quantitative estimate of drug-likeness (QED) is 0.670. The van der Waals surface area contributed by atoms with Crippen LogP contribution in [0, 0.1) is 0 Å². The highest BCUT2D eigenvalue weighted by Gasteiger charge is 2.26. The lowest BCUT2D eigenvalue weighted by molar-refractivity contribution is 0.0689. The second-order valence-corrected chi connectivity index (χ2v) is 5.54. The predicted molar refractivity (Wildman–Crippen MR) is 79.9 cm³/mol. The van der Waals surface area contributed by atoms with Crippen molar-refractivity contribution >= 4 is 23.4 Å². The van der Waals surface area contributed by atoms with E-state index in [1.54, 1.807) is 27.2 Å². The molecule has 2 heterocycles. The van der Waals surface area contributed by atoms with Gasteiger partial charge in [-0.15, -0.1) is 0 Å². The van der Waals surface area contributed by atoms with Crippen LogP contribution < -0.4 is 5.48 Å². The van der Waals surface area contributed by atoms with Crippen LogP contribution in [0.1, 0.15) is 26.4 Å². The van der Waals surface area contributed by atoms with Gasteiger partial charge in [-0.25, -0.2) is 5.48 Å². The van der Waals surface area contributed by atoms with E-state index in [1.165, 1.54) is 6.07 Å². The number of rotatable bonds is 3. The van der Waals surface area contributed by atoms with Crippen LogP contribution in [-0.4, -0.2) is 33.0 Å². The van der Waals surface area contributed by atoms with Gasteiger partial charge in [0.15, 0.2) is 0 Å². The Balaban J connectivity index is 1.82. The molecule has 2 aromatic rings. The van der Waals surface area contributed by atoms with Gasteiger partial charge in [-0.3, -0.25) is 14.8 Å². The van der Waals surface area contributed by atoms with E-state index in [0.29, 0.717) is 30.4 Å². The molecule has 2 amide bonds. The first kappa shape index (κ1) is 14.6. The summed E-state index contributed by atoms with van der Waals surface area (Å²) >= 11 is 5.96. The number of nitrogens with zero attached hydrogens (tertiary/aromatic N) is 2. The molecule has 1 aromatic heterocycles. The smallest absolute Gasteiger partial charge is 0.276 e. The molecule has 2 N–H and O–H groups in total. The number of carbonyl (C=O) groups is 2. The van der Waals surface area contributed by atoms with Crippen molar-refractivity contribution in [1.29, 1.82) is 0 Å². The van der Waals surface area contributed by atoms with Gasteiger partial charge in [-0.2, -0.15) is 0 Å². The number of benzene rings is 1. The van der Waals surface area contributed by atoms with E-state index in [0.717, 1.165) is 5.56 Å². The zero-order chi connectivity index (χ0) is 15.7. The van der Waals surface area contributed by atoms with E-state index in [4.69, 9.17) is 16.8 Å². The number of hydroxylamine groups is 1. The third-order valence-corrected chi connectivity index (χ3v) is 3.88. The van der Waals surface area contributed by atoms with Gasteiger partial charge in [-0.1, -0.05) is 23.7 Å². The lowest BCUT2D eigenvalue weighted by Gasteiger charge is -2.28. The molecule has 0 fully saturated rings. The Morgan fingerprint density at radius 2 is 2.14 bits per heavy atom. The van der Waals surface area contributed by atoms with E-state index in [1.807, 2.05) is 18.2 Å². The lowest BCUT2D eigenvalue weighted by atomic mass is 10.2. The highest BCUT2D eigenvalue weighted by atomic mass is 35.5. The normalized spacial score (nSPS) is 13.9. The minimum atomic E-state index is -0.629. The summed E-state index contributed by atoms with van der Waals surface area (Å²) in [6.45, 7) is 1.61. The number of aromatic nitrogens is 1. The maximum atomic E-state index is 12.5. The Bertz CT molecular complexity index is 741. The topological polar surface area (TPSA) is 74.6 Å². The minimum Gasteiger partial charge on any atom is -0.341 e. The zero-order valence-electron chi connectivity index (χ0n) is 11.6. The van der Waals surface area contributed by atoms with Crippen molar-refractivity contribution in [2.45, 2.75) is 13.1 Å². The van der Waals surface area contributed by atoms with Crippen molar-refractivity contribution < 1.29 is 14.8 Å². The minimum absolute atomic E-state index is 0.150. The van der Waals surface area contributed by atoms with Gasteiger partial charge in [0.05, 0.1) is 5.56 Å². The third kappa shape index (κ3) is 2.70. The van der Waals surface area contributed by atoms with Gasteiger partial charge in [0, 0.05) is 30.9 Å². The second-order valence-electron chi connectivity index (χ2n) is 5.10. The molecule has 0 atom stereocenters. The largest absolute Gasteiger partial charge is 0.341 e. The summed E-state index contributed by atoms with van der Waals surface area (Å²) in [6.07, 6.45) is 1.56. The maximum Gasteiger partial charge on any atom is 0.276 e. The molecule has 3 rings (SSSR count). The van der Waals surface area contributed by atoms with Crippen LogP contribution in [0.4, 0.5) is 0 Å². The molecule has 0 unspecified atom stereocenters. The summed E-state index contributed by atoms with van der Waals surface area (Å²) < 4.78 is 1.72. The van der Waals surface area contributed by atoms with Crippen molar-refractivity contribution in [3.05, 3.63) is 58.4 Å². The van der Waals surface area contributed by atoms with E-state index in [9.17, 15) is 9.59 Å². The molecule has 0 saturated heterocycles. The van der Waals surface area contributed by atoms with Crippen LogP contribution >= 0.6 is 11.6 Å².